The summed E-state index contributed by atoms with van der Waals surface area (Å²) < 4.78 is 18.3. The zero-order valence-electron chi connectivity index (χ0n) is 7.79. The molecule has 3 nitrogen and oxygen atoms in total. The molecule has 1 aromatic carbocycles. The summed E-state index contributed by atoms with van der Waals surface area (Å²) in [6.07, 6.45) is 0. The monoisotopic (exact) mass is 196 g/mol. The number of nitrogens with two attached hydrogens (primary N) is 1. The van der Waals surface area contributed by atoms with Gasteiger partial charge in [0.1, 0.15) is 5.82 Å². The van der Waals surface area contributed by atoms with Crippen molar-refractivity contribution in [1.82, 2.24) is 5.32 Å². The maximum atomic E-state index is 13.0. The van der Waals surface area contributed by atoms with E-state index in [1.54, 1.807) is 6.07 Å². The van der Waals surface area contributed by atoms with E-state index in [0.29, 0.717) is 18.9 Å². The first-order valence-corrected chi connectivity index (χ1v) is 4.63. The summed E-state index contributed by atoms with van der Waals surface area (Å²) in [4.78, 5) is 0. The molecular weight excluding hydrogens is 183 g/mol. The fourth-order valence-corrected chi connectivity index (χ4v) is 1.61. The number of morpholine rings is 1. The Kier molecular flexibility index (Phi) is 2.65. The Bertz CT molecular complexity index is 324. The molecule has 1 unspecified atom stereocenters. The minimum atomic E-state index is -0.262. The van der Waals surface area contributed by atoms with Gasteiger partial charge in [-0.15, -0.1) is 0 Å². The lowest BCUT2D eigenvalue weighted by Gasteiger charge is -2.25. The largest absolute Gasteiger partial charge is 0.398 e. The molecule has 1 heterocycles. The van der Waals surface area contributed by atoms with Crippen molar-refractivity contribution in [3.63, 3.8) is 0 Å². The van der Waals surface area contributed by atoms with E-state index in [9.17, 15) is 4.39 Å². The van der Waals surface area contributed by atoms with Crippen LogP contribution in [-0.2, 0) is 4.74 Å². The van der Waals surface area contributed by atoms with Crippen LogP contribution in [0.3, 0.4) is 0 Å². The molecule has 0 amide bonds. The number of hydrogen-bond donors (Lipinski definition) is 2. The van der Waals surface area contributed by atoms with E-state index in [-0.39, 0.29) is 11.9 Å². The maximum absolute atomic E-state index is 13.0. The van der Waals surface area contributed by atoms with Crippen LogP contribution in [0.4, 0.5) is 10.1 Å². The number of halogens is 1. The van der Waals surface area contributed by atoms with Crippen molar-refractivity contribution in [2.24, 2.45) is 0 Å². The van der Waals surface area contributed by atoms with Gasteiger partial charge in [0.25, 0.3) is 0 Å². The summed E-state index contributed by atoms with van der Waals surface area (Å²) in [7, 11) is 0. The maximum Gasteiger partial charge on any atom is 0.123 e. The van der Waals surface area contributed by atoms with Crippen molar-refractivity contribution in [3.8, 4) is 0 Å². The Morgan fingerprint density at radius 1 is 1.50 bits per heavy atom. The van der Waals surface area contributed by atoms with Crippen LogP contribution in [0.15, 0.2) is 18.2 Å². The lowest BCUT2D eigenvalue weighted by molar-refractivity contribution is 0.0770. The highest BCUT2D eigenvalue weighted by molar-refractivity contribution is 5.48. The van der Waals surface area contributed by atoms with Crippen LogP contribution in [0.2, 0.25) is 0 Å². The van der Waals surface area contributed by atoms with E-state index in [0.717, 1.165) is 12.1 Å². The normalized spacial score (nSPS) is 22.2. The summed E-state index contributed by atoms with van der Waals surface area (Å²) in [6, 6.07) is 4.42. The van der Waals surface area contributed by atoms with E-state index in [1.807, 2.05) is 0 Å². The lowest BCUT2D eigenvalue weighted by atomic mass is 10.0. The highest BCUT2D eigenvalue weighted by atomic mass is 19.1. The van der Waals surface area contributed by atoms with Gasteiger partial charge in [-0.05, 0) is 23.8 Å². The van der Waals surface area contributed by atoms with Gasteiger partial charge in [-0.3, -0.25) is 0 Å². The molecule has 0 bridgehead atoms. The molecule has 1 atom stereocenters. The molecule has 1 aromatic rings. The summed E-state index contributed by atoms with van der Waals surface area (Å²) in [5.41, 5.74) is 7.15. The van der Waals surface area contributed by atoms with E-state index < -0.39 is 0 Å². The molecule has 0 radical (unpaired) electrons. The molecule has 2 rings (SSSR count). The van der Waals surface area contributed by atoms with Gasteiger partial charge in [0.2, 0.25) is 0 Å². The van der Waals surface area contributed by atoms with E-state index in [2.05, 4.69) is 5.32 Å². The smallest absolute Gasteiger partial charge is 0.123 e. The van der Waals surface area contributed by atoms with Crippen molar-refractivity contribution in [2.75, 3.05) is 25.5 Å². The Hall–Kier alpha value is -1.13. The van der Waals surface area contributed by atoms with Crippen LogP contribution in [0, 0.1) is 5.82 Å². The summed E-state index contributed by atoms with van der Waals surface area (Å²) >= 11 is 0. The highest BCUT2D eigenvalue weighted by Gasteiger charge is 2.17. The van der Waals surface area contributed by atoms with Crippen LogP contribution in [0.1, 0.15) is 11.6 Å². The fourth-order valence-electron chi connectivity index (χ4n) is 1.61. The summed E-state index contributed by atoms with van der Waals surface area (Å²) in [5.74, 6) is -0.262. The lowest BCUT2D eigenvalue weighted by Crippen LogP contribution is -2.35. The Balaban J connectivity index is 2.24. The van der Waals surface area contributed by atoms with Gasteiger partial charge in [0.05, 0.1) is 19.3 Å². The molecule has 0 aliphatic carbocycles. The molecule has 1 saturated heterocycles. The van der Waals surface area contributed by atoms with E-state index in [4.69, 9.17) is 10.5 Å². The number of ether oxygens (including phenoxy) is 1. The second-order valence-corrected chi connectivity index (χ2v) is 3.35. The van der Waals surface area contributed by atoms with E-state index in [1.165, 1.54) is 12.1 Å². The van der Waals surface area contributed by atoms with Gasteiger partial charge < -0.3 is 15.8 Å². The Morgan fingerprint density at radius 2 is 2.36 bits per heavy atom. The predicted octanol–water partition coefficient (Wildman–Crippen LogP) is 1.07. The van der Waals surface area contributed by atoms with Crippen LogP contribution in [-0.4, -0.2) is 19.8 Å². The van der Waals surface area contributed by atoms with Crippen LogP contribution < -0.4 is 11.1 Å². The molecule has 14 heavy (non-hydrogen) atoms. The fraction of sp³-hybridized carbons (Fsp3) is 0.400. The molecule has 0 aromatic heterocycles. The zero-order valence-corrected chi connectivity index (χ0v) is 7.79. The van der Waals surface area contributed by atoms with Gasteiger partial charge in [-0.1, -0.05) is 0 Å². The van der Waals surface area contributed by atoms with Crippen molar-refractivity contribution >= 4 is 5.69 Å². The SMILES string of the molecule is Nc1ccc(F)cc1C1COCCN1. The molecular formula is C10H13FN2O. The number of anilines is 1. The molecule has 76 valence electrons. The first-order valence-electron chi connectivity index (χ1n) is 4.63. The van der Waals surface area contributed by atoms with Gasteiger partial charge in [-0.2, -0.15) is 0 Å². The Labute approximate surface area is 82.1 Å². The van der Waals surface area contributed by atoms with Gasteiger partial charge in [0, 0.05) is 12.2 Å². The first-order chi connectivity index (χ1) is 6.77. The van der Waals surface area contributed by atoms with Gasteiger partial charge in [-0.25, -0.2) is 4.39 Å². The summed E-state index contributed by atoms with van der Waals surface area (Å²) in [5, 5.41) is 3.23. The quantitative estimate of drug-likeness (QED) is 0.660. The standard InChI is InChI=1S/C10H13FN2O/c11-7-1-2-9(12)8(5-7)10-6-14-4-3-13-10/h1-2,5,10,13H,3-4,6,12H2. The van der Waals surface area contributed by atoms with Crippen molar-refractivity contribution in [1.29, 1.82) is 0 Å². The molecule has 1 aliphatic heterocycles. The number of hydrogen-bond acceptors (Lipinski definition) is 3. The third kappa shape index (κ3) is 1.86. The average molecular weight is 196 g/mol. The number of nitrogen functional groups attached to an aromatic ring is 1. The topological polar surface area (TPSA) is 47.3 Å². The van der Waals surface area contributed by atoms with Crippen molar-refractivity contribution < 1.29 is 9.13 Å². The number of nitrogens with one attached hydrogen (secondary N) is 1. The molecule has 1 fully saturated rings. The highest BCUT2D eigenvalue weighted by Crippen LogP contribution is 2.22. The van der Waals surface area contributed by atoms with Gasteiger partial charge >= 0.3 is 0 Å². The van der Waals surface area contributed by atoms with Crippen LogP contribution >= 0.6 is 0 Å². The second kappa shape index (κ2) is 3.94. The third-order valence-electron chi connectivity index (χ3n) is 2.35. The minimum Gasteiger partial charge on any atom is -0.398 e. The minimum absolute atomic E-state index is 0.0134. The molecule has 1 aliphatic rings. The van der Waals surface area contributed by atoms with Crippen LogP contribution in [0.25, 0.3) is 0 Å². The first kappa shape index (κ1) is 9.43. The van der Waals surface area contributed by atoms with Gasteiger partial charge in [0.15, 0.2) is 0 Å². The van der Waals surface area contributed by atoms with Crippen molar-refractivity contribution in [2.45, 2.75) is 6.04 Å². The zero-order chi connectivity index (χ0) is 9.97. The third-order valence-corrected chi connectivity index (χ3v) is 2.35. The molecule has 3 N–H and O–H groups in total. The molecule has 4 heteroatoms. The number of benzene rings is 1. The average Bonchev–Trinajstić information content (AvgIpc) is 2.23. The molecule has 0 saturated carbocycles. The number of rotatable bonds is 1. The summed E-state index contributed by atoms with van der Waals surface area (Å²) in [6.45, 7) is 2.03. The molecule has 0 spiro atoms. The second-order valence-electron chi connectivity index (χ2n) is 3.35. The van der Waals surface area contributed by atoms with E-state index >= 15 is 0 Å². The van der Waals surface area contributed by atoms with Crippen molar-refractivity contribution in [3.05, 3.63) is 29.6 Å². The Morgan fingerprint density at radius 3 is 3.07 bits per heavy atom. The predicted molar refractivity (Wildman–Crippen MR) is 52.4 cm³/mol. The van der Waals surface area contributed by atoms with Crippen LogP contribution in [0.5, 0.6) is 0 Å².